The molecule has 1 heterocycles. The molecule has 6 nitrogen and oxygen atoms in total. The van der Waals surface area contributed by atoms with Crippen LogP contribution >= 0.6 is 0 Å². The van der Waals surface area contributed by atoms with Crippen molar-refractivity contribution >= 4 is 33.8 Å². The van der Waals surface area contributed by atoms with Gasteiger partial charge in [-0.2, -0.15) is 0 Å². The van der Waals surface area contributed by atoms with Crippen LogP contribution in [0.25, 0.3) is 21.9 Å². The van der Waals surface area contributed by atoms with Crippen LogP contribution in [0.1, 0.15) is 34.0 Å². The molecule has 4 N–H and O–H groups in total. The Hall–Kier alpha value is -3.64. The number of hydrogen-bond acceptors (Lipinski definition) is 4. The number of ketones is 1. The van der Waals surface area contributed by atoms with E-state index >= 15 is 0 Å². The first-order valence-electron chi connectivity index (χ1n) is 9.13. The van der Waals surface area contributed by atoms with Gasteiger partial charge in [-0.15, -0.1) is 0 Å². The summed E-state index contributed by atoms with van der Waals surface area (Å²) in [7, 11) is 0. The van der Waals surface area contributed by atoms with Gasteiger partial charge in [-0.3, -0.25) is 4.79 Å². The van der Waals surface area contributed by atoms with Crippen LogP contribution in [-0.2, 0) is 5.72 Å². The first kappa shape index (κ1) is 18.7. The molecule has 0 aliphatic heterocycles. The molecule has 2 amide bonds. The maximum atomic E-state index is 13.4. The predicted molar refractivity (Wildman–Crippen MR) is 111 cm³/mol. The lowest BCUT2D eigenvalue weighted by Crippen LogP contribution is -2.46. The van der Waals surface area contributed by atoms with Gasteiger partial charge in [0.1, 0.15) is 11.2 Å². The minimum Gasteiger partial charge on any atom is -0.456 e. The average Bonchev–Trinajstić information content (AvgIpc) is 3.05. The molecule has 6 heteroatoms. The van der Waals surface area contributed by atoms with Gasteiger partial charge in [-0.1, -0.05) is 48.0 Å². The van der Waals surface area contributed by atoms with Crippen LogP contribution in [0.15, 0.2) is 65.1 Å². The van der Waals surface area contributed by atoms with Gasteiger partial charge in [0.05, 0.1) is 0 Å². The number of aryl methyl sites for hydroxylation is 1. The number of benzene rings is 3. The van der Waals surface area contributed by atoms with Gasteiger partial charge in [0.25, 0.3) is 0 Å². The Morgan fingerprint density at radius 3 is 2.41 bits per heavy atom. The van der Waals surface area contributed by atoms with Crippen LogP contribution in [-0.4, -0.2) is 16.9 Å². The van der Waals surface area contributed by atoms with E-state index in [1.165, 1.54) is 6.92 Å². The minimum atomic E-state index is -1.78. The summed E-state index contributed by atoms with van der Waals surface area (Å²) >= 11 is 0. The molecule has 4 aromatic rings. The summed E-state index contributed by atoms with van der Waals surface area (Å²) < 4.78 is 5.93. The fourth-order valence-corrected chi connectivity index (χ4v) is 3.49. The number of aliphatic hydroxyl groups is 1. The fourth-order valence-electron chi connectivity index (χ4n) is 3.49. The normalized spacial score (nSPS) is 13.3. The second-order valence-electron chi connectivity index (χ2n) is 7.25. The number of fused-ring (bicyclic) bond motifs is 3. The number of carbonyl (C=O) groups excluding carboxylic acids is 2. The van der Waals surface area contributed by atoms with Crippen molar-refractivity contribution in [3.8, 4) is 0 Å². The molecule has 0 bridgehead atoms. The third-order valence-electron chi connectivity index (χ3n) is 4.97. The number of carbonyl (C=O) groups is 2. The van der Waals surface area contributed by atoms with Crippen molar-refractivity contribution < 1.29 is 19.1 Å². The number of nitrogens with one attached hydrogen (secondary N) is 1. The minimum absolute atomic E-state index is 0.210. The Kier molecular flexibility index (Phi) is 4.36. The van der Waals surface area contributed by atoms with Crippen LogP contribution in [0.5, 0.6) is 0 Å². The Labute approximate surface area is 166 Å². The van der Waals surface area contributed by atoms with Gasteiger partial charge in [0.2, 0.25) is 0 Å². The van der Waals surface area contributed by atoms with Crippen LogP contribution in [0.4, 0.5) is 4.79 Å². The molecule has 1 atom stereocenters. The quantitative estimate of drug-likeness (QED) is 0.363. The zero-order valence-electron chi connectivity index (χ0n) is 16.0. The van der Waals surface area contributed by atoms with Gasteiger partial charge in [-0.05, 0) is 32.0 Å². The van der Waals surface area contributed by atoms with Crippen molar-refractivity contribution in [2.24, 2.45) is 5.73 Å². The molecule has 0 saturated heterocycles. The summed E-state index contributed by atoms with van der Waals surface area (Å²) in [4.78, 5) is 24.7. The predicted octanol–water partition coefficient (Wildman–Crippen LogP) is 3.96. The molecule has 29 heavy (non-hydrogen) atoms. The highest BCUT2D eigenvalue weighted by molar-refractivity contribution is 6.22. The summed E-state index contributed by atoms with van der Waals surface area (Å²) in [5.74, 6) is -0.210. The molecule has 0 aliphatic rings. The largest absolute Gasteiger partial charge is 0.456 e. The summed E-state index contributed by atoms with van der Waals surface area (Å²) in [5, 5.41) is 14.5. The van der Waals surface area contributed by atoms with E-state index in [1.54, 1.807) is 24.3 Å². The molecular formula is C23H20N2O4. The van der Waals surface area contributed by atoms with E-state index in [0.717, 1.165) is 10.9 Å². The molecule has 3 aromatic carbocycles. The van der Waals surface area contributed by atoms with E-state index in [0.29, 0.717) is 33.2 Å². The Morgan fingerprint density at radius 1 is 1.03 bits per heavy atom. The number of primary amides is 1. The van der Waals surface area contributed by atoms with Crippen molar-refractivity contribution in [2.75, 3.05) is 0 Å². The SMILES string of the molecule is Cc1ccc(C(=O)c2cc(C(C)(O)NC(N)=O)cc3oc4ccccc4c23)cc1. The van der Waals surface area contributed by atoms with Gasteiger partial charge in [-0.25, -0.2) is 4.79 Å². The molecule has 0 radical (unpaired) electrons. The highest BCUT2D eigenvalue weighted by atomic mass is 16.3. The summed E-state index contributed by atoms with van der Waals surface area (Å²) in [6, 6.07) is 17.0. The van der Waals surface area contributed by atoms with Crippen LogP contribution in [0, 0.1) is 6.92 Å². The highest BCUT2D eigenvalue weighted by Crippen LogP contribution is 2.35. The lowest BCUT2D eigenvalue weighted by Gasteiger charge is -2.24. The van der Waals surface area contributed by atoms with Gasteiger partial charge < -0.3 is 20.6 Å². The number of urea groups is 1. The highest BCUT2D eigenvalue weighted by Gasteiger charge is 2.28. The topological polar surface area (TPSA) is 106 Å². The van der Waals surface area contributed by atoms with Crippen LogP contribution < -0.4 is 11.1 Å². The number of nitrogens with two attached hydrogens (primary N) is 1. The Bertz CT molecular complexity index is 1250. The maximum Gasteiger partial charge on any atom is 0.314 e. The van der Waals surface area contributed by atoms with E-state index in [4.69, 9.17) is 10.2 Å². The molecule has 1 aromatic heterocycles. The second-order valence-corrected chi connectivity index (χ2v) is 7.25. The molecular weight excluding hydrogens is 368 g/mol. The molecule has 0 aliphatic carbocycles. The summed E-state index contributed by atoms with van der Waals surface area (Å²) in [6.45, 7) is 3.34. The van der Waals surface area contributed by atoms with Crippen molar-refractivity contribution in [1.82, 2.24) is 5.32 Å². The van der Waals surface area contributed by atoms with Crippen molar-refractivity contribution in [3.05, 3.63) is 82.9 Å². The van der Waals surface area contributed by atoms with Gasteiger partial charge in [0, 0.05) is 27.5 Å². The van der Waals surface area contributed by atoms with E-state index in [-0.39, 0.29) is 5.78 Å². The number of para-hydroxylation sites is 1. The van der Waals surface area contributed by atoms with Crippen LogP contribution in [0.3, 0.4) is 0 Å². The van der Waals surface area contributed by atoms with E-state index in [9.17, 15) is 14.7 Å². The third-order valence-corrected chi connectivity index (χ3v) is 4.97. The number of hydrogen-bond donors (Lipinski definition) is 3. The standard InChI is InChI=1S/C23H20N2O4/c1-13-7-9-14(10-8-13)21(26)17-11-15(23(2,28)25-22(24)27)12-19-20(17)16-5-3-4-6-18(16)29-19/h3-12,28H,1-2H3,(H3,24,25,27). The summed E-state index contributed by atoms with van der Waals surface area (Å²) in [5.41, 5.74) is 6.70. The molecule has 146 valence electrons. The average molecular weight is 388 g/mol. The zero-order chi connectivity index (χ0) is 20.8. The summed E-state index contributed by atoms with van der Waals surface area (Å²) in [6.07, 6.45) is 0. The first-order chi connectivity index (χ1) is 13.8. The molecule has 1 unspecified atom stereocenters. The zero-order valence-corrected chi connectivity index (χ0v) is 16.0. The molecule has 0 fully saturated rings. The second kappa shape index (κ2) is 6.76. The first-order valence-corrected chi connectivity index (χ1v) is 9.13. The molecule has 0 saturated carbocycles. The lowest BCUT2D eigenvalue weighted by molar-refractivity contribution is 0.0332. The number of amides is 2. The van der Waals surface area contributed by atoms with Crippen molar-refractivity contribution in [1.29, 1.82) is 0 Å². The smallest absolute Gasteiger partial charge is 0.314 e. The number of rotatable bonds is 4. The number of furan rings is 1. The van der Waals surface area contributed by atoms with E-state index < -0.39 is 11.8 Å². The molecule has 4 rings (SSSR count). The van der Waals surface area contributed by atoms with Gasteiger partial charge in [0.15, 0.2) is 11.5 Å². The Morgan fingerprint density at radius 2 is 1.72 bits per heavy atom. The maximum absolute atomic E-state index is 13.4. The monoisotopic (exact) mass is 388 g/mol. The third kappa shape index (κ3) is 3.34. The van der Waals surface area contributed by atoms with E-state index in [2.05, 4.69) is 5.32 Å². The lowest BCUT2D eigenvalue weighted by atomic mass is 9.93. The van der Waals surface area contributed by atoms with E-state index in [1.807, 2.05) is 43.3 Å². The van der Waals surface area contributed by atoms with Crippen molar-refractivity contribution in [2.45, 2.75) is 19.6 Å². The van der Waals surface area contributed by atoms with Gasteiger partial charge >= 0.3 is 6.03 Å². The Balaban J connectivity index is 2.00. The fraction of sp³-hybridized carbons (Fsp3) is 0.130. The molecule has 0 spiro atoms. The van der Waals surface area contributed by atoms with Crippen molar-refractivity contribution in [3.63, 3.8) is 0 Å². The van der Waals surface area contributed by atoms with Crippen LogP contribution in [0.2, 0.25) is 0 Å².